The van der Waals surface area contributed by atoms with Gasteiger partial charge < -0.3 is 9.64 Å². The van der Waals surface area contributed by atoms with Crippen LogP contribution in [0, 0.1) is 0 Å². The number of fused-ring (bicyclic) bond motifs is 21. The molecule has 0 atom stereocenters. The molecular formula is C68H41NOS2. The van der Waals surface area contributed by atoms with Crippen molar-refractivity contribution >= 4 is 60.3 Å². The van der Waals surface area contributed by atoms with Gasteiger partial charge in [-0.15, -0.1) is 11.3 Å². The molecule has 2 aliphatic heterocycles. The molecule has 0 saturated heterocycles. The lowest BCUT2D eigenvalue weighted by Crippen LogP contribution is -2.32. The van der Waals surface area contributed by atoms with Crippen molar-refractivity contribution in [3.8, 4) is 44.9 Å². The third-order valence-electron chi connectivity index (χ3n) is 16.0. The van der Waals surface area contributed by atoms with Crippen LogP contribution in [0.25, 0.3) is 53.6 Å². The van der Waals surface area contributed by atoms with E-state index < -0.39 is 10.8 Å². The molecule has 0 fully saturated rings. The van der Waals surface area contributed by atoms with E-state index in [1.807, 2.05) is 23.1 Å². The average molecular weight is 952 g/mol. The van der Waals surface area contributed by atoms with E-state index >= 15 is 0 Å². The van der Waals surface area contributed by atoms with Crippen molar-refractivity contribution in [2.45, 2.75) is 20.6 Å². The van der Waals surface area contributed by atoms with Gasteiger partial charge in [-0.3, -0.25) is 0 Å². The summed E-state index contributed by atoms with van der Waals surface area (Å²) in [6.07, 6.45) is 0. The van der Waals surface area contributed by atoms with Crippen molar-refractivity contribution in [1.82, 2.24) is 0 Å². The van der Waals surface area contributed by atoms with Gasteiger partial charge in [0.1, 0.15) is 11.5 Å². The fraction of sp³-hybridized carbons (Fsp3) is 0.0294. The summed E-state index contributed by atoms with van der Waals surface area (Å²) in [4.78, 5) is 5.14. The first-order valence-electron chi connectivity index (χ1n) is 24.7. The first kappa shape index (κ1) is 40.3. The van der Waals surface area contributed by atoms with E-state index in [1.54, 1.807) is 0 Å². The molecular weight excluding hydrogens is 911 g/mol. The number of nitrogens with zero attached hydrogens (tertiary/aromatic N) is 1. The summed E-state index contributed by atoms with van der Waals surface area (Å²) in [5.74, 6) is 1.78. The minimum atomic E-state index is -0.609. The van der Waals surface area contributed by atoms with Crippen molar-refractivity contribution in [3.05, 3.63) is 293 Å². The molecule has 4 aliphatic rings. The van der Waals surface area contributed by atoms with Gasteiger partial charge in [-0.2, -0.15) is 0 Å². The van der Waals surface area contributed by atoms with Gasteiger partial charge in [0.2, 0.25) is 0 Å². The second-order valence-corrected chi connectivity index (χ2v) is 21.5. The highest BCUT2D eigenvalue weighted by Gasteiger charge is 2.53. The molecule has 0 N–H and O–H groups in total. The van der Waals surface area contributed by atoms with E-state index in [4.69, 9.17) is 4.74 Å². The Balaban J connectivity index is 0.978. The maximum Gasteiger partial charge on any atom is 0.132 e. The Morgan fingerprint density at radius 3 is 1.60 bits per heavy atom. The predicted octanol–water partition coefficient (Wildman–Crippen LogP) is 18.5. The highest BCUT2D eigenvalue weighted by atomic mass is 32.2. The number of thiophene rings is 1. The summed E-state index contributed by atoms with van der Waals surface area (Å²) < 4.78 is 9.38. The third kappa shape index (κ3) is 5.25. The van der Waals surface area contributed by atoms with Gasteiger partial charge in [0.15, 0.2) is 0 Å². The Hall–Kier alpha value is -8.41. The van der Waals surface area contributed by atoms with Crippen molar-refractivity contribution in [1.29, 1.82) is 0 Å². The summed E-state index contributed by atoms with van der Waals surface area (Å²) >= 11 is 3.76. The number of anilines is 3. The summed E-state index contributed by atoms with van der Waals surface area (Å²) in [7, 11) is 0. The summed E-state index contributed by atoms with van der Waals surface area (Å²) in [6, 6.07) is 92.9. The average Bonchev–Trinajstić information content (AvgIpc) is 4.07. The molecule has 336 valence electrons. The van der Waals surface area contributed by atoms with Crippen molar-refractivity contribution in [2.75, 3.05) is 4.90 Å². The zero-order chi connectivity index (χ0) is 47.1. The maximum absolute atomic E-state index is 6.77. The van der Waals surface area contributed by atoms with Crippen LogP contribution in [0.4, 0.5) is 17.1 Å². The van der Waals surface area contributed by atoms with Crippen molar-refractivity contribution in [3.63, 3.8) is 0 Å². The van der Waals surface area contributed by atoms with Crippen LogP contribution < -0.4 is 9.64 Å². The molecule has 0 radical (unpaired) electrons. The smallest absolute Gasteiger partial charge is 0.132 e. The molecule has 0 unspecified atom stereocenters. The second-order valence-electron chi connectivity index (χ2n) is 19.4. The molecule has 1 aromatic heterocycles. The topological polar surface area (TPSA) is 12.5 Å². The highest BCUT2D eigenvalue weighted by molar-refractivity contribution is 7.99. The molecule has 11 aromatic carbocycles. The Morgan fingerprint density at radius 1 is 0.347 bits per heavy atom. The van der Waals surface area contributed by atoms with Crippen LogP contribution in [0.15, 0.2) is 259 Å². The number of hydrogen-bond donors (Lipinski definition) is 0. The van der Waals surface area contributed by atoms with Gasteiger partial charge in [0.25, 0.3) is 0 Å². The van der Waals surface area contributed by atoms with Gasteiger partial charge in [0.05, 0.1) is 16.5 Å². The Bertz CT molecular complexity index is 4170. The van der Waals surface area contributed by atoms with Gasteiger partial charge in [-0.25, -0.2) is 0 Å². The first-order chi connectivity index (χ1) is 35.7. The molecule has 4 heteroatoms. The lowest BCUT2D eigenvalue weighted by Gasteiger charge is -2.40. The molecule has 0 saturated carbocycles. The molecule has 72 heavy (non-hydrogen) atoms. The Kier molecular flexibility index (Phi) is 8.43. The van der Waals surface area contributed by atoms with E-state index in [0.717, 1.165) is 39.7 Å². The molecule has 2 nitrogen and oxygen atoms in total. The highest BCUT2D eigenvalue weighted by Crippen LogP contribution is 2.66. The third-order valence-corrected chi connectivity index (χ3v) is 18.3. The van der Waals surface area contributed by atoms with E-state index in [-0.39, 0.29) is 0 Å². The lowest BCUT2D eigenvalue weighted by atomic mass is 9.66. The largest absolute Gasteiger partial charge is 0.457 e. The van der Waals surface area contributed by atoms with Gasteiger partial charge in [0, 0.05) is 58.0 Å². The second kappa shape index (κ2) is 15.1. The molecule has 0 amide bonds. The zero-order valence-electron chi connectivity index (χ0n) is 38.8. The SMILES string of the molecule is c1ccc2c(c1)Oc1ccccc1C21c2ccccc2-c2c(N(c3ccc(-c4cccc5sc6ccccc6c45)cc3)c3ccc4c(c3)C3(c5ccccc5Sc5ccccc53)c3ccccc3-4)cccc21. The van der Waals surface area contributed by atoms with Crippen LogP contribution in [-0.4, -0.2) is 0 Å². The fourth-order valence-electron chi connectivity index (χ4n) is 13.3. The van der Waals surface area contributed by atoms with Crippen LogP contribution in [0.2, 0.25) is 0 Å². The number of para-hydroxylation sites is 2. The molecule has 16 rings (SSSR count). The normalized spacial score (nSPS) is 14.4. The summed E-state index contributed by atoms with van der Waals surface area (Å²) in [6.45, 7) is 0. The van der Waals surface area contributed by atoms with Crippen LogP contribution in [0.3, 0.4) is 0 Å². The van der Waals surface area contributed by atoms with Gasteiger partial charge >= 0.3 is 0 Å². The maximum atomic E-state index is 6.77. The molecule has 2 spiro atoms. The predicted molar refractivity (Wildman–Crippen MR) is 298 cm³/mol. The van der Waals surface area contributed by atoms with Gasteiger partial charge in [-0.1, -0.05) is 194 Å². The first-order valence-corrected chi connectivity index (χ1v) is 26.4. The number of rotatable bonds is 4. The Labute approximate surface area is 426 Å². The number of hydrogen-bond acceptors (Lipinski definition) is 4. The summed E-state index contributed by atoms with van der Waals surface area (Å²) in [5, 5.41) is 2.62. The van der Waals surface area contributed by atoms with E-state index in [0.29, 0.717) is 0 Å². The van der Waals surface area contributed by atoms with E-state index in [1.165, 1.54) is 96.7 Å². The Morgan fingerprint density at radius 2 is 0.861 bits per heavy atom. The molecule has 2 aliphatic carbocycles. The van der Waals surface area contributed by atoms with Gasteiger partial charge in [-0.05, 0) is 128 Å². The summed E-state index contributed by atoms with van der Waals surface area (Å²) in [5.41, 5.74) is 19.8. The molecule has 3 heterocycles. The van der Waals surface area contributed by atoms with Crippen LogP contribution in [-0.2, 0) is 10.8 Å². The minimum Gasteiger partial charge on any atom is -0.457 e. The number of ether oxygens (including phenoxy) is 1. The van der Waals surface area contributed by atoms with Crippen LogP contribution in [0.5, 0.6) is 11.5 Å². The fourth-order valence-corrected chi connectivity index (χ4v) is 15.6. The molecule has 12 aromatic rings. The van der Waals surface area contributed by atoms with Crippen LogP contribution >= 0.6 is 23.1 Å². The minimum absolute atomic E-state index is 0.525. The molecule has 0 bridgehead atoms. The lowest BCUT2D eigenvalue weighted by molar-refractivity contribution is 0.436. The number of benzene rings is 11. The van der Waals surface area contributed by atoms with Crippen LogP contribution in [0.1, 0.15) is 44.5 Å². The monoisotopic (exact) mass is 951 g/mol. The van der Waals surface area contributed by atoms with Crippen molar-refractivity contribution in [2.24, 2.45) is 0 Å². The van der Waals surface area contributed by atoms with Crippen molar-refractivity contribution < 1.29 is 4.74 Å². The zero-order valence-corrected chi connectivity index (χ0v) is 40.5. The quantitative estimate of drug-likeness (QED) is 0.174. The van der Waals surface area contributed by atoms with E-state index in [2.05, 4.69) is 254 Å². The standard InChI is InChI=1S/C68H41NOS2/c1-4-21-50-46(17-1)47-40-39-44(41-57(47)68(50)54-25-8-13-32-62(54)72-63-33-14-9-26-55(63)68)69(43-37-35-42(36-38-43)45-20-15-34-64-65(45)49-19-3-12-31-61(49)71-64)58-28-16-27-56-66(58)48-18-2-5-22-51(48)67(56)52-23-6-10-29-59(52)70-60-30-11-7-24-53(60)67/h1-41H. The van der Waals surface area contributed by atoms with E-state index in [9.17, 15) is 0 Å².